The number of phenolic OH excluding ortho intramolecular Hbond substituents is 2. The zero-order valence-electron chi connectivity index (χ0n) is 17.1. The van der Waals surface area contributed by atoms with E-state index < -0.39 is 33.1 Å². The summed E-state index contributed by atoms with van der Waals surface area (Å²) in [4.78, 5) is 11.9. The second kappa shape index (κ2) is 9.80. The Morgan fingerprint density at radius 3 is 2.47 bits per heavy atom. The number of carbonyl (C=O) groups is 1. The molecule has 7 nitrogen and oxygen atoms in total. The molecule has 0 saturated heterocycles. The van der Waals surface area contributed by atoms with E-state index in [4.69, 9.17) is 9.47 Å². The summed E-state index contributed by atoms with van der Waals surface area (Å²) in [5.41, 5.74) is 0.664. The Hall–Kier alpha value is -3.43. The van der Waals surface area contributed by atoms with E-state index in [0.29, 0.717) is 5.56 Å². The van der Waals surface area contributed by atoms with Crippen LogP contribution in [0, 0.1) is 5.82 Å². The number of hydrogen-bond donors (Lipinski definition) is 2. The number of halogens is 1. The Labute approximate surface area is 184 Å². The quantitative estimate of drug-likeness (QED) is 0.390. The monoisotopic (exact) mass is 460 g/mol. The van der Waals surface area contributed by atoms with Crippen molar-refractivity contribution in [3.8, 4) is 22.6 Å². The summed E-state index contributed by atoms with van der Waals surface area (Å²) in [6, 6.07) is 13.1. The maximum absolute atomic E-state index is 13.6. The fraction of sp³-hybridized carbons (Fsp3) is 0.174. The number of aromatic hydroxyl groups is 2. The first kappa shape index (κ1) is 23.2. The van der Waals surface area contributed by atoms with Gasteiger partial charge in [0.2, 0.25) is 0 Å². The first-order chi connectivity index (χ1) is 15.2. The lowest BCUT2D eigenvalue weighted by Gasteiger charge is -2.10. The van der Waals surface area contributed by atoms with E-state index in [9.17, 15) is 27.8 Å². The molecule has 0 fully saturated rings. The van der Waals surface area contributed by atoms with Crippen molar-refractivity contribution >= 4 is 15.8 Å². The topological polar surface area (TPSA) is 110 Å². The Bertz CT molecular complexity index is 1240. The highest BCUT2D eigenvalue weighted by Crippen LogP contribution is 2.32. The number of carbonyl (C=O) groups excluding carboxylic acids is 1. The second-order valence-corrected chi connectivity index (χ2v) is 8.92. The zero-order valence-corrected chi connectivity index (χ0v) is 17.9. The first-order valence-corrected chi connectivity index (χ1v) is 11.2. The molecule has 3 aromatic rings. The molecule has 2 N–H and O–H groups in total. The van der Waals surface area contributed by atoms with Crippen LogP contribution in [0.4, 0.5) is 4.39 Å². The second-order valence-electron chi connectivity index (χ2n) is 6.93. The van der Waals surface area contributed by atoms with Crippen LogP contribution >= 0.6 is 0 Å². The lowest BCUT2D eigenvalue weighted by molar-refractivity contribution is 0.0385. The predicted octanol–water partition coefficient (Wildman–Crippen LogP) is 3.68. The molecule has 9 heteroatoms. The smallest absolute Gasteiger partial charge is 0.341 e. The molecular formula is C23H21FO7S. The van der Waals surface area contributed by atoms with Crippen LogP contribution in [0.3, 0.4) is 0 Å². The van der Waals surface area contributed by atoms with E-state index in [1.54, 1.807) is 6.07 Å². The molecule has 0 unspecified atom stereocenters. The van der Waals surface area contributed by atoms with Crippen molar-refractivity contribution in [2.75, 3.05) is 20.3 Å². The first-order valence-electron chi connectivity index (χ1n) is 9.51. The van der Waals surface area contributed by atoms with Gasteiger partial charge in [0.25, 0.3) is 0 Å². The minimum Gasteiger partial charge on any atom is -0.507 e. The molecule has 0 aliphatic rings. The van der Waals surface area contributed by atoms with Crippen LogP contribution < -0.4 is 0 Å². The number of methoxy groups -OCH3 is 1. The van der Waals surface area contributed by atoms with Crippen molar-refractivity contribution < 1.29 is 37.3 Å². The summed E-state index contributed by atoms with van der Waals surface area (Å²) >= 11 is 0. The lowest BCUT2D eigenvalue weighted by Crippen LogP contribution is -2.10. The minimum atomic E-state index is -3.85. The van der Waals surface area contributed by atoms with Crippen molar-refractivity contribution in [3.05, 3.63) is 77.6 Å². The molecule has 0 heterocycles. The van der Waals surface area contributed by atoms with Gasteiger partial charge in [0.05, 0.1) is 17.3 Å². The molecule has 0 spiro atoms. The van der Waals surface area contributed by atoms with Crippen molar-refractivity contribution in [1.29, 1.82) is 0 Å². The van der Waals surface area contributed by atoms with Gasteiger partial charge in [0.1, 0.15) is 29.5 Å². The van der Waals surface area contributed by atoms with Gasteiger partial charge in [-0.2, -0.15) is 0 Å². The summed E-state index contributed by atoms with van der Waals surface area (Å²) in [5, 5.41) is 20.1. The van der Waals surface area contributed by atoms with Gasteiger partial charge in [0, 0.05) is 12.7 Å². The van der Waals surface area contributed by atoms with Crippen LogP contribution in [0.15, 0.2) is 65.6 Å². The highest BCUT2D eigenvalue weighted by Gasteiger charge is 2.19. The Balaban J connectivity index is 1.83. The van der Waals surface area contributed by atoms with E-state index in [0.717, 1.165) is 12.1 Å². The number of ether oxygens (including phenoxy) is 2. The number of phenols is 2. The Kier molecular flexibility index (Phi) is 7.12. The number of hydrogen-bond acceptors (Lipinski definition) is 7. The zero-order chi connectivity index (χ0) is 23.3. The van der Waals surface area contributed by atoms with Gasteiger partial charge in [-0.1, -0.05) is 18.2 Å². The predicted molar refractivity (Wildman–Crippen MR) is 115 cm³/mol. The van der Waals surface area contributed by atoms with Crippen LogP contribution in [0.2, 0.25) is 0 Å². The average molecular weight is 460 g/mol. The number of sulfone groups is 1. The molecule has 0 atom stereocenters. The highest BCUT2D eigenvalue weighted by molar-refractivity contribution is 7.90. The molecule has 0 bridgehead atoms. The summed E-state index contributed by atoms with van der Waals surface area (Å²) in [6.07, 6.45) is 0. The summed E-state index contributed by atoms with van der Waals surface area (Å²) < 4.78 is 49.1. The lowest BCUT2D eigenvalue weighted by atomic mass is 10.0. The van der Waals surface area contributed by atoms with Crippen LogP contribution in [0.5, 0.6) is 11.5 Å². The van der Waals surface area contributed by atoms with E-state index in [2.05, 4.69) is 0 Å². The molecule has 0 aliphatic heterocycles. The van der Waals surface area contributed by atoms with Gasteiger partial charge in [0.15, 0.2) is 9.84 Å². The largest absolute Gasteiger partial charge is 0.507 e. The highest BCUT2D eigenvalue weighted by atomic mass is 32.2. The van der Waals surface area contributed by atoms with Crippen molar-refractivity contribution in [2.45, 2.75) is 10.6 Å². The number of esters is 1. The maximum atomic E-state index is 13.6. The van der Waals surface area contributed by atoms with Gasteiger partial charge in [-0.15, -0.1) is 0 Å². The van der Waals surface area contributed by atoms with Gasteiger partial charge in [-0.25, -0.2) is 17.6 Å². The molecule has 0 aromatic heterocycles. The van der Waals surface area contributed by atoms with Crippen LogP contribution in [0.1, 0.15) is 15.9 Å². The molecule has 0 radical (unpaired) electrons. The molecular weight excluding hydrogens is 439 g/mol. The van der Waals surface area contributed by atoms with Gasteiger partial charge < -0.3 is 19.7 Å². The van der Waals surface area contributed by atoms with Crippen LogP contribution in [-0.2, 0) is 25.1 Å². The van der Waals surface area contributed by atoms with Crippen molar-refractivity contribution in [3.63, 3.8) is 0 Å². The third-order valence-electron chi connectivity index (χ3n) is 4.62. The number of rotatable bonds is 8. The molecule has 3 rings (SSSR count). The van der Waals surface area contributed by atoms with E-state index in [1.165, 1.54) is 49.6 Å². The number of benzene rings is 3. The standard InChI is InChI=1S/C23H21FO7S/c1-30-9-10-31-23(27)19-7-5-15(11-22(19)26)14-32(28,29)18-4-2-3-16(12-18)20-13-17(24)6-8-21(20)25/h2-8,11-13,25-26H,9-10,14H2,1H3. The summed E-state index contributed by atoms with van der Waals surface area (Å²) in [6.45, 7) is 0.220. The van der Waals surface area contributed by atoms with Crippen molar-refractivity contribution in [1.82, 2.24) is 0 Å². The average Bonchev–Trinajstić information content (AvgIpc) is 2.75. The van der Waals surface area contributed by atoms with E-state index in [-0.39, 0.29) is 40.5 Å². The molecule has 32 heavy (non-hydrogen) atoms. The minimum absolute atomic E-state index is 0.0160. The van der Waals surface area contributed by atoms with Gasteiger partial charge in [-0.05, 0) is 53.6 Å². The maximum Gasteiger partial charge on any atom is 0.341 e. The molecule has 0 aliphatic carbocycles. The van der Waals surface area contributed by atoms with Crippen LogP contribution in [-0.4, -0.2) is 44.9 Å². The van der Waals surface area contributed by atoms with Gasteiger partial charge in [-0.3, -0.25) is 0 Å². The van der Waals surface area contributed by atoms with Crippen molar-refractivity contribution in [2.24, 2.45) is 0 Å². The fourth-order valence-corrected chi connectivity index (χ4v) is 4.41. The Morgan fingerprint density at radius 1 is 0.969 bits per heavy atom. The van der Waals surface area contributed by atoms with E-state index >= 15 is 0 Å². The fourth-order valence-electron chi connectivity index (χ4n) is 3.03. The molecule has 168 valence electrons. The normalized spacial score (nSPS) is 11.3. The van der Waals surface area contributed by atoms with Gasteiger partial charge >= 0.3 is 5.97 Å². The third kappa shape index (κ3) is 5.43. The summed E-state index contributed by atoms with van der Waals surface area (Å²) in [7, 11) is -2.40. The molecule has 0 amide bonds. The third-order valence-corrected chi connectivity index (χ3v) is 6.31. The van der Waals surface area contributed by atoms with Crippen LogP contribution in [0.25, 0.3) is 11.1 Å². The molecule has 0 saturated carbocycles. The van der Waals surface area contributed by atoms with E-state index in [1.807, 2.05) is 0 Å². The Morgan fingerprint density at radius 2 is 1.75 bits per heavy atom. The summed E-state index contributed by atoms with van der Waals surface area (Å²) in [5.74, 6) is -2.35. The molecule has 3 aromatic carbocycles. The SMILES string of the molecule is COCCOC(=O)c1ccc(CS(=O)(=O)c2cccc(-c3cc(F)ccc3O)c2)cc1O.